The molecule has 0 bridgehead atoms. The Morgan fingerprint density at radius 1 is 1.17 bits per heavy atom. The van der Waals surface area contributed by atoms with Gasteiger partial charge in [-0.1, -0.05) is 18.2 Å². The normalized spacial score (nSPS) is 12.7. The van der Waals surface area contributed by atoms with Gasteiger partial charge in [0.15, 0.2) is 0 Å². The van der Waals surface area contributed by atoms with Gasteiger partial charge in [-0.05, 0) is 60.9 Å². The molecule has 0 aliphatic carbocycles. The molecule has 0 saturated heterocycles. The molecule has 0 fully saturated rings. The molecule has 96 valence electrons. The molecule has 1 unspecified atom stereocenters. The molecule has 2 nitrogen and oxygen atoms in total. The Morgan fingerprint density at radius 2 is 1.94 bits per heavy atom. The summed E-state index contributed by atoms with van der Waals surface area (Å²) >= 11 is 1.77. The van der Waals surface area contributed by atoms with Gasteiger partial charge in [0.1, 0.15) is 0 Å². The molecule has 1 aromatic heterocycles. The zero-order valence-electron chi connectivity index (χ0n) is 11.2. The van der Waals surface area contributed by atoms with E-state index in [1.165, 1.54) is 27.1 Å². The van der Waals surface area contributed by atoms with Crippen LogP contribution >= 0.6 is 11.3 Å². The van der Waals surface area contributed by atoms with E-state index in [0.29, 0.717) is 0 Å². The van der Waals surface area contributed by atoms with Gasteiger partial charge >= 0.3 is 0 Å². The van der Waals surface area contributed by atoms with Crippen molar-refractivity contribution >= 4 is 11.3 Å². The van der Waals surface area contributed by atoms with Crippen molar-refractivity contribution in [3.05, 3.63) is 56.8 Å². The molecule has 2 rings (SSSR count). The molecule has 1 heterocycles. The Hall–Kier alpha value is -1.16. The second-order valence-corrected chi connectivity index (χ2v) is 5.89. The quantitative estimate of drug-likeness (QED) is 0.653. The minimum Gasteiger partial charge on any atom is -0.271 e. The van der Waals surface area contributed by atoms with E-state index in [9.17, 15) is 0 Å². The standard InChI is InChI=1S/C15H20N2S/c1-10-4-5-13(8-11(10)2)9-15(17-16)14-6-7-18-12(14)3/h4-8,15,17H,9,16H2,1-3H3. The molecular weight excluding hydrogens is 240 g/mol. The maximum atomic E-state index is 5.70. The van der Waals surface area contributed by atoms with Crippen LogP contribution in [0, 0.1) is 20.8 Å². The number of hydrazine groups is 1. The van der Waals surface area contributed by atoms with Gasteiger partial charge in [-0.3, -0.25) is 11.3 Å². The Morgan fingerprint density at radius 3 is 2.50 bits per heavy atom. The van der Waals surface area contributed by atoms with Gasteiger partial charge < -0.3 is 0 Å². The maximum absolute atomic E-state index is 5.70. The second kappa shape index (κ2) is 5.65. The van der Waals surface area contributed by atoms with E-state index in [1.54, 1.807) is 11.3 Å². The Bertz CT molecular complexity index is 531. The van der Waals surface area contributed by atoms with Crippen LogP contribution in [-0.2, 0) is 6.42 Å². The summed E-state index contributed by atoms with van der Waals surface area (Å²) in [5, 5.41) is 2.12. The summed E-state index contributed by atoms with van der Waals surface area (Å²) in [7, 11) is 0. The monoisotopic (exact) mass is 260 g/mol. The van der Waals surface area contributed by atoms with E-state index in [1.807, 2.05) is 0 Å². The van der Waals surface area contributed by atoms with E-state index in [2.05, 4.69) is 55.8 Å². The lowest BCUT2D eigenvalue weighted by atomic mass is 9.97. The summed E-state index contributed by atoms with van der Waals surface area (Å²) in [4.78, 5) is 1.33. The second-order valence-electron chi connectivity index (χ2n) is 4.77. The summed E-state index contributed by atoms with van der Waals surface area (Å²) < 4.78 is 0. The molecule has 0 saturated carbocycles. The van der Waals surface area contributed by atoms with Crippen LogP contribution in [-0.4, -0.2) is 0 Å². The van der Waals surface area contributed by atoms with E-state index in [-0.39, 0.29) is 6.04 Å². The van der Waals surface area contributed by atoms with E-state index >= 15 is 0 Å². The lowest BCUT2D eigenvalue weighted by molar-refractivity contribution is 0.551. The fraction of sp³-hybridized carbons (Fsp3) is 0.333. The maximum Gasteiger partial charge on any atom is 0.0511 e. The third kappa shape index (κ3) is 2.80. The van der Waals surface area contributed by atoms with Gasteiger partial charge in [0.25, 0.3) is 0 Å². The molecule has 0 radical (unpaired) electrons. The molecular formula is C15H20N2S. The molecule has 3 heteroatoms. The van der Waals surface area contributed by atoms with Crippen LogP contribution in [0.1, 0.15) is 33.2 Å². The number of rotatable bonds is 4. The fourth-order valence-electron chi connectivity index (χ4n) is 2.18. The third-order valence-electron chi connectivity index (χ3n) is 3.49. The number of hydrogen-bond donors (Lipinski definition) is 2. The number of nitrogens with two attached hydrogens (primary N) is 1. The van der Waals surface area contributed by atoms with Gasteiger partial charge in [-0.2, -0.15) is 0 Å². The lowest BCUT2D eigenvalue weighted by Crippen LogP contribution is -2.29. The van der Waals surface area contributed by atoms with Gasteiger partial charge in [0.2, 0.25) is 0 Å². The van der Waals surface area contributed by atoms with Crippen molar-refractivity contribution in [2.75, 3.05) is 0 Å². The largest absolute Gasteiger partial charge is 0.271 e. The van der Waals surface area contributed by atoms with Crippen molar-refractivity contribution < 1.29 is 0 Å². The van der Waals surface area contributed by atoms with Gasteiger partial charge in [0, 0.05) is 4.88 Å². The zero-order valence-corrected chi connectivity index (χ0v) is 12.0. The molecule has 2 aromatic rings. The predicted molar refractivity (Wildman–Crippen MR) is 78.7 cm³/mol. The summed E-state index contributed by atoms with van der Waals surface area (Å²) in [5.74, 6) is 5.70. The molecule has 0 amide bonds. The minimum absolute atomic E-state index is 0.193. The first-order valence-electron chi connectivity index (χ1n) is 6.18. The summed E-state index contributed by atoms with van der Waals surface area (Å²) in [6.45, 7) is 6.44. The molecule has 1 aromatic carbocycles. The topological polar surface area (TPSA) is 38.0 Å². The number of aryl methyl sites for hydroxylation is 3. The number of thiophene rings is 1. The van der Waals surface area contributed by atoms with Crippen molar-refractivity contribution in [3.63, 3.8) is 0 Å². The van der Waals surface area contributed by atoms with Crippen LogP contribution < -0.4 is 11.3 Å². The molecule has 3 N–H and O–H groups in total. The van der Waals surface area contributed by atoms with Gasteiger partial charge in [-0.15, -0.1) is 11.3 Å². The fourth-order valence-corrected chi connectivity index (χ4v) is 2.95. The van der Waals surface area contributed by atoms with Crippen LogP contribution in [0.5, 0.6) is 0 Å². The summed E-state index contributed by atoms with van der Waals surface area (Å²) in [5.41, 5.74) is 8.24. The predicted octanol–water partition coefficient (Wildman–Crippen LogP) is 3.42. The van der Waals surface area contributed by atoms with Crippen LogP contribution in [0.25, 0.3) is 0 Å². The third-order valence-corrected chi connectivity index (χ3v) is 4.35. The summed E-state index contributed by atoms with van der Waals surface area (Å²) in [6, 6.07) is 8.97. The first kappa shape index (κ1) is 13.3. The zero-order chi connectivity index (χ0) is 13.1. The van der Waals surface area contributed by atoms with Crippen LogP contribution in [0.2, 0.25) is 0 Å². The highest BCUT2D eigenvalue weighted by Crippen LogP contribution is 2.25. The molecule has 18 heavy (non-hydrogen) atoms. The number of nitrogens with one attached hydrogen (secondary N) is 1. The van der Waals surface area contributed by atoms with Crippen molar-refractivity contribution in [1.82, 2.24) is 5.43 Å². The molecule has 1 atom stereocenters. The van der Waals surface area contributed by atoms with Crippen LogP contribution in [0.4, 0.5) is 0 Å². The number of benzene rings is 1. The van der Waals surface area contributed by atoms with Gasteiger partial charge in [-0.25, -0.2) is 0 Å². The van der Waals surface area contributed by atoms with E-state index < -0.39 is 0 Å². The molecule has 0 spiro atoms. The average molecular weight is 260 g/mol. The van der Waals surface area contributed by atoms with Gasteiger partial charge in [0.05, 0.1) is 6.04 Å². The van der Waals surface area contributed by atoms with Crippen molar-refractivity contribution in [1.29, 1.82) is 0 Å². The highest BCUT2D eigenvalue weighted by Gasteiger charge is 2.14. The lowest BCUT2D eigenvalue weighted by Gasteiger charge is -2.16. The van der Waals surface area contributed by atoms with E-state index in [0.717, 1.165) is 6.42 Å². The van der Waals surface area contributed by atoms with Crippen molar-refractivity contribution in [3.8, 4) is 0 Å². The smallest absolute Gasteiger partial charge is 0.0511 e. The highest BCUT2D eigenvalue weighted by atomic mass is 32.1. The first-order chi connectivity index (χ1) is 8.61. The Kier molecular flexibility index (Phi) is 4.17. The minimum atomic E-state index is 0.193. The first-order valence-corrected chi connectivity index (χ1v) is 7.06. The van der Waals surface area contributed by atoms with Crippen molar-refractivity contribution in [2.45, 2.75) is 33.2 Å². The van der Waals surface area contributed by atoms with Crippen LogP contribution in [0.15, 0.2) is 29.6 Å². The van der Waals surface area contributed by atoms with Crippen molar-refractivity contribution in [2.24, 2.45) is 5.84 Å². The summed E-state index contributed by atoms with van der Waals surface area (Å²) in [6.07, 6.45) is 0.926. The molecule has 0 aliphatic heterocycles. The number of hydrogen-bond acceptors (Lipinski definition) is 3. The Labute approximate surface area is 113 Å². The molecule has 0 aliphatic rings. The van der Waals surface area contributed by atoms with Crippen LogP contribution in [0.3, 0.4) is 0 Å². The SMILES string of the molecule is Cc1ccc(CC(NN)c2ccsc2C)cc1C. The average Bonchev–Trinajstić information content (AvgIpc) is 2.77. The highest BCUT2D eigenvalue weighted by molar-refractivity contribution is 7.10. The van der Waals surface area contributed by atoms with E-state index in [4.69, 9.17) is 5.84 Å². The Balaban J connectivity index is 2.20.